The fourth-order valence-corrected chi connectivity index (χ4v) is 4.24. The number of aryl methyl sites for hydroxylation is 1. The Morgan fingerprint density at radius 1 is 0.929 bits per heavy atom. The number of rotatable bonds is 4. The van der Waals surface area contributed by atoms with E-state index >= 15 is 0 Å². The number of thiophene rings is 1. The minimum atomic E-state index is -0.135. The van der Waals surface area contributed by atoms with Crippen molar-refractivity contribution in [2.75, 3.05) is 18.4 Å². The van der Waals surface area contributed by atoms with Crippen molar-refractivity contribution in [1.82, 2.24) is 4.90 Å². The molecule has 4 rings (SSSR count). The number of nitrogens with one attached hydrogen (secondary N) is 1. The minimum Gasteiger partial charge on any atom is -0.339 e. The molecule has 4 nitrogen and oxygen atoms in total. The van der Waals surface area contributed by atoms with E-state index in [4.69, 9.17) is 0 Å². The van der Waals surface area contributed by atoms with Crippen LogP contribution in [0.15, 0.2) is 60.0 Å². The van der Waals surface area contributed by atoms with Crippen LogP contribution in [0.1, 0.15) is 38.4 Å². The predicted molar refractivity (Wildman–Crippen MR) is 114 cm³/mol. The van der Waals surface area contributed by atoms with E-state index in [1.54, 1.807) is 24.3 Å². The molecule has 0 bridgehead atoms. The third-order valence-electron chi connectivity index (χ3n) is 5.02. The second-order valence-corrected chi connectivity index (χ2v) is 7.98. The Hall–Kier alpha value is -2.92. The Kier molecular flexibility index (Phi) is 5.26. The second kappa shape index (κ2) is 7.98. The number of benzene rings is 2. The first-order valence-corrected chi connectivity index (χ1v) is 10.3. The van der Waals surface area contributed by atoms with Crippen LogP contribution in [-0.2, 0) is 0 Å². The maximum absolute atomic E-state index is 12.8. The summed E-state index contributed by atoms with van der Waals surface area (Å²) in [6, 6.07) is 17.3. The molecule has 1 saturated heterocycles. The molecule has 1 aliphatic rings. The number of anilines is 1. The maximum atomic E-state index is 12.8. The average Bonchev–Trinajstić information content (AvgIpc) is 3.41. The molecule has 2 aromatic carbocycles. The van der Waals surface area contributed by atoms with Gasteiger partial charge in [-0.05, 0) is 61.0 Å². The molecule has 0 radical (unpaired) electrons. The van der Waals surface area contributed by atoms with Gasteiger partial charge in [-0.3, -0.25) is 9.59 Å². The van der Waals surface area contributed by atoms with E-state index in [0.717, 1.165) is 37.1 Å². The van der Waals surface area contributed by atoms with Gasteiger partial charge < -0.3 is 10.2 Å². The summed E-state index contributed by atoms with van der Waals surface area (Å²) < 4.78 is 0. The SMILES string of the molecule is Cc1ccc(-c2ccsc2C(=O)Nc2ccc(C(=O)N3CCCC3)cc2)cc1. The Morgan fingerprint density at radius 2 is 1.61 bits per heavy atom. The van der Waals surface area contributed by atoms with Gasteiger partial charge in [0.25, 0.3) is 11.8 Å². The second-order valence-electron chi connectivity index (χ2n) is 7.06. The molecule has 5 heteroatoms. The van der Waals surface area contributed by atoms with Crippen molar-refractivity contribution >= 4 is 28.8 Å². The Balaban J connectivity index is 1.48. The van der Waals surface area contributed by atoms with Gasteiger partial charge in [0.2, 0.25) is 0 Å². The quantitative estimate of drug-likeness (QED) is 0.665. The largest absolute Gasteiger partial charge is 0.339 e. The third-order valence-corrected chi connectivity index (χ3v) is 5.93. The van der Waals surface area contributed by atoms with E-state index < -0.39 is 0 Å². The summed E-state index contributed by atoms with van der Waals surface area (Å²) in [5.41, 5.74) is 4.50. The van der Waals surface area contributed by atoms with Gasteiger partial charge in [0.1, 0.15) is 0 Å². The molecule has 0 aliphatic carbocycles. The van der Waals surface area contributed by atoms with Crippen molar-refractivity contribution in [3.8, 4) is 11.1 Å². The van der Waals surface area contributed by atoms with Crippen LogP contribution in [0.25, 0.3) is 11.1 Å². The lowest BCUT2D eigenvalue weighted by molar-refractivity contribution is 0.0792. The van der Waals surface area contributed by atoms with E-state index in [1.807, 2.05) is 47.5 Å². The number of amides is 2. The highest BCUT2D eigenvalue weighted by Gasteiger charge is 2.19. The molecule has 28 heavy (non-hydrogen) atoms. The van der Waals surface area contributed by atoms with Crippen molar-refractivity contribution < 1.29 is 9.59 Å². The van der Waals surface area contributed by atoms with Crippen molar-refractivity contribution in [3.63, 3.8) is 0 Å². The van der Waals surface area contributed by atoms with Gasteiger partial charge >= 0.3 is 0 Å². The lowest BCUT2D eigenvalue weighted by atomic mass is 10.0. The van der Waals surface area contributed by atoms with E-state index in [0.29, 0.717) is 16.1 Å². The van der Waals surface area contributed by atoms with Crippen LogP contribution in [0.4, 0.5) is 5.69 Å². The normalized spacial score (nSPS) is 13.5. The van der Waals surface area contributed by atoms with Crippen LogP contribution >= 0.6 is 11.3 Å². The number of carbonyl (C=O) groups is 2. The molecule has 0 spiro atoms. The summed E-state index contributed by atoms with van der Waals surface area (Å²) in [6.07, 6.45) is 2.15. The number of nitrogens with zero attached hydrogens (tertiary/aromatic N) is 1. The van der Waals surface area contributed by atoms with Gasteiger partial charge in [-0.1, -0.05) is 29.8 Å². The van der Waals surface area contributed by atoms with E-state index in [9.17, 15) is 9.59 Å². The number of hydrogen-bond acceptors (Lipinski definition) is 3. The van der Waals surface area contributed by atoms with Crippen molar-refractivity contribution in [3.05, 3.63) is 76.0 Å². The first-order chi connectivity index (χ1) is 13.6. The standard InChI is InChI=1S/C23H22N2O2S/c1-16-4-6-17(7-5-16)20-12-15-28-21(20)22(26)24-19-10-8-18(9-11-19)23(27)25-13-2-3-14-25/h4-12,15H,2-3,13-14H2,1H3,(H,24,26). The van der Waals surface area contributed by atoms with Crippen molar-refractivity contribution in [2.24, 2.45) is 0 Å². The molecule has 1 fully saturated rings. The maximum Gasteiger partial charge on any atom is 0.266 e. The smallest absolute Gasteiger partial charge is 0.266 e. The highest BCUT2D eigenvalue weighted by atomic mass is 32.1. The Labute approximate surface area is 168 Å². The zero-order valence-corrected chi connectivity index (χ0v) is 16.6. The molecule has 0 unspecified atom stereocenters. The lowest BCUT2D eigenvalue weighted by Gasteiger charge is -2.15. The van der Waals surface area contributed by atoms with Gasteiger partial charge in [-0.25, -0.2) is 0 Å². The molecule has 0 saturated carbocycles. The summed E-state index contributed by atoms with van der Waals surface area (Å²) in [4.78, 5) is 27.8. The molecule has 2 heterocycles. The number of likely N-dealkylation sites (tertiary alicyclic amines) is 1. The van der Waals surface area contributed by atoms with E-state index in [2.05, 4.69) is 5.32 Å². The first-order valence-electron chi connectivity index (χ1n) is 9.47. The van der Waals surface area contributed by atoms with Crippen LogP contribution in [0, 0.1) is 6.92 Å². The molecule has 3 aromatic rings. The molecule has 2 amide bonds. The highest BCUT2D eigenvalue weighted by molar-refractivity contribution is 7.12. The van der Waals surface area contributed by atoms with Gasteiger partial charge in [0.15, 0.2) is 0 Å². The van der Waals surface area contributed by atoms with Gasteiger partial charge in [0, 0.05) is 29.9 Å². The molecule has 0 atom stereocenters. The summed E-state index contributed by atoms with van der Waals surface area (Å²) >= 11 is 1.43. The summed E-state index contributed by atoms with van der Waals surface area (Å²) in [6.45, 7) is 3.71. The molecular formula is C23H22N2O2S. The Bertz CT molecular complexity index is 984. The number of hydrogen-bond donors (Lipinski definition) is 1. The predicted octanol–water partition coefficient (Wildman–Crippen LogP) is 5.21. The summed E-state index contributed by atoms with van der Waals surface area (Å²) in [5, 5.41) is 4.88. The van der Waals surface area contributed by atoms with Crippen LogP contribution in [0.2, 0.25) is 0 Å². The fraction of sp³-hybridized carbons (Fsp3) is 0.217. The number of carbonyl (C=O) groups excluding carboxylic acids is 2. The molecule has 1 aromatic heterocycles. The molecule has 1 N–H and O–H groups in total. The van der Waals surface area contributed by atoms with E-state index in [1.165, 1.54) is 16.9 Å². The van der Waals surface area contributed by atoms with Crippen LogP contribution < -0.4 is 5.32 Å². The van der Waals surface area contributed by atoms with Crippen LogP contribution in [-0.4, -0.2) is 29.8 Å². The highest BCUT2D eigenvalue weighted by Crippen LogP contribution is 2.29. The Morgan fingerprint density at radius 3 is 2.29 bits per heavy atom. The lowest BCUT2D eigenvalue weighted by Crippen LogP contribution is -2.27. The zero-order chi connectivity index (χ0) is 19.5. The van der Waals surface area contributed by atoms with Crippen molar-refractivity contribution in [2.45, 2.75) is 19.8 Å². The van der Waals surface area contributed by atoms with Gasteiger partial charge in [-0.15, -0.1) is 11.3 Å². The van der Waals surface area contributed by atoms with Gasteiger partial charge in [0.05, 0.1) is 4.88 Å². The minimum absolute atomic E-state index is 0.0651. The third kappa shape index (κ3) is 3.85. The summed E-state index contributed by atoms with van der Waals surface area (Å²) in [7, 11) is 0. The van der Waals surface area contributed by atoms with Crippen LogP contribution in [0.3, 0.4) is 0 Å². The monoisotopic (exact) mass is 390 g/mol. The van der Waals surface area contributed by atoms with E-state index in [-0.39, 0.29) is 11.8 Å². The molecule has 142 valence electrons. The van der Waals surface area contributed by atoms with Crippen LogP contribution in [0.5, 0.6) is 0 Å². The zero-order valence-electron chi connectivity index (χ0n) is 15.8. The van der Waals surface area contributed by atoms with Gasteiger partial charge in [-0.2, -0.15) is 0 Å². The first kappa shape index (κ1) is 18.4. The molecule has 1 aliphatic heterocycles. The molecular weight excluding hydrogens is 368 g/mol. The van der Waals surface area contributed by atoms with Crippen molar-refractivity contribution in [1.29, 1.82) is 0 Å². The summed E-state index contributed by atoms with van der Waals surface area (Å²) in [5.74, 6) is -0.0699. The fourth-order valence-electron chi connectivity index (χ4n) is 3.43. The average molecular weight is 391 g/mol. The topological polar surface area (TPSA) is 49.4 Å².